The van der Waals surface area contributed by atoms with Gasteiger partial charge in [-0.3, -0.25) is 0 Å². The quantitative estimate of drug-likeness (QED) is 0.111. The van der Waals surface area contributed by atoms with Crippen LogP contribution in [0.2, 0.25) is 20.1 Å². The minimum Gasteiger partial charge on any atom is -0.0836 e. The van der Waals surface area contributed by atoms with Gasteiger partial charge in [-0.25, -0.2) is 0 Å². The lowest BCUT2D eigenvalue weighted by atomic mass is 9.89. The summed E-state index contributed by atoms with van der Waals surface area (Å²) in [5.74, 6) is 0. The minimum absolute atomic E-state index is 0.585. The van der Waals surface area contributed by atoms with Crippen LogP contribution in [-0.2, 0) is 0 Å². The number of rotatable bonds is 0. The van der Waals surface area contributed by atoms with Crippen LogP contribution in [0, 0.1) is 0 Å². The zero-order valence-corrected chi connectivity index (χ0v) is 22.7. The van der Waals surface area contributed by atoms with Gasteiger partial charge in [0.05, 0.1) is 20.1 Å². The van der Waals surface area contributed by atoms with Crippen LogP contribution >= 0.6 is 110 Å². The van der Waals surface area contributed by atoms with E-state index in [4.69, 9.17) is 46.4 Å². The van der Waals surface area contributed by atoms with E-state index in [1.165, 1.54) is 0 Å². The Morgan fingerprint density at radius 2 is 0.571 bits per heavy atom. The topological polar surface area (TPSA) is 0 Å². The summed E-state index contributed by atoms with van der Waals surface area (Å²) in [5.41, 5.74) is 0. The Morgan fingerprint density at radius 1 is 0.357 bits per heavy atom. The minimum atomic E-state index is 0.585. The summed E-state index contributed by atoms with van der Waals surface area (Å²) >= 11 is 41.6. The smallest absolute Gasteiger partial charge is 0.0503 e. The average Bonchev–Trinajstić information content (AvgIpc) is 2.58. The summed E-state index contributed by atoms with van der Waals surface area (Å²) < 4.78 is 3.45. The summed E-state index contributed by atoms with van der Waals surface area (Å²) in [6.45, 7) is 0. The molecule has 140 valence electrons. The van der Waals surface area contributed by atoms with Crippen molar-refractivity contribution in [2.75, 3.05) is 0 Å². The molecule has 0 unspecified atom stereocenters. The molecule has 5 aromatic carbocycles. The predicted molar refractivity (Wildman–Crippen MR) is 138 cm³/mol. The molecule has 0 N–H and O–H groups in total. The van der Waals surface area contributed by atoms with E-state index in [0.717, 1.165) is 61.0 Å². The van der Waals surface area contributed by atoms with Crippen LogP contribution in [0.3, 0.4) is 0 Å². The Kier molecular flexibility index (Phi) is 5.09. The fourth-order valence-corrected chi connectivity index (χ4v) is 8.75. The molecular weight excluding hydrogens is 702 g/mol. The van der Waals surface area contributed by atoms with Crippen molar-refractivity contribution >= 4 is 153 Å². The molecule has 28 heavy (non-hydrogen) atoms. The van der Waals surface area contributed by atoms with E-state index in [1.807, 2.05) is 24.3 Å². The molecule has 0 aliphatic rings. The van der Waals surface area contributed by atoms with Crippen molar-refractivity contribution < 1.29 is 0 Å². The van der Waals surface area contributed by atoms with Gasteiger partial charge in [0, 0.05) is 61.0 Å². The molecule has 0 spiro atoms. The lowest BCUT2D eigenvalue weighted by molar-refractivity contribution is 1.69. The Balaban J connectivity index is 2.38. The molecule has 0 aliphatic carbocycles. The maximum absolute atomic E-state index is 6.76. The summed E-state index contributed by atoms with van der Waals surface area (Å²) in [7, 11) is 0. The second-order valence-electron chi connectivity index (χ2n) is 6.36. The zero-order valence-electron chi connectivity index (χ0n) is 13.3. The van der Waals surface area contributed by atoms with Crippen LogP contribution < -0.4 is 0 Å². The fraction of sp³-hybridized carbons (Fsp3) is 0. The van der Waals surface area contributed by atoms with E-state index < -0.39 is 0 Å². The third kappa shape index (κ3) is 2.65. The van der Waals surface area contributed by atoms with E-state index in [-0.39, 0.29) is 0 Å². The lowest BCUT2D eigenvalue weighted by Gasteiger charge is -2.21. The van der Waals surface area contributed by atoms with Gasteiger partial charge < -0.3 is 0 Å². The molecular formula is C20H4Br4Cl4. The van der Waals surface area contributed by atoms with Gasteiger partial charge in [-0.2, -0.15) is 0 Å². The second kappa shape index (κ2) is 7.00. The van der Waals surface area contributed by atoms with Crippen LogP contribution in [0.5, 0.6) is 0 Å². The summed E-state index contributed by atoms with van der Waals surface area (Å²) in [5, 5.41) is 9.51. The molecule has 8 heteroatoms. The maximum Gasteiger partial charge on any atom is 0.0503 e. The number of halogens is 8. The fourth-order valence-electron chi connectivity index (χ4n) is 3.93. The molecule has 0 bridgehead atoms. The van der Waals surface area contributed by atoms with Gasteiger partial charge >= 0.3 is 0 Å². The van der Waals surface area contributed by atoms with E-state index in [2.05, 4.69) is 63.7 Å². The highest BCUT2D eigenvalue weighted by atomic mass is 79.9. The monoisotopic (exact) mass is 700 g/mol. The first-order chi connectivity index (χ1) is 13.2. The first-order valence-electron chi connectivity index (χ1n) is 7.82. The summed E-state index contributed by atoms with van der Waals surface area (Å²) in [6, 6.07) is 7.54. The van der Waals surface area contributed by atoms with Crippen molar-refractivity contribution in [2.24, 2.45) is 0 Å². The van der Waals surface area contributed by atoms with Crippen molar-refractivity contribution in [3.63, 3.8) is 0 Å². The van der Waals surface area contributed by atoms with Gasteiger partial charge in [0.2, 0.25) is 0 Å². The van der Waals surface area contributed by atoms with E-state index in [9.17, 15) is 0 Å². The Labute approximate surface area is 213 Å². The first kappa shape index (κ1) is 20.4. The van der Waals surface area contributed by atoms with Crippen LogP contribution in [0.25, 0.3) is 43.1 Å². The van der Waals surface area contributed by atoms with Crippen molar-refractivity contribution in [3.05, 3.63) is 62.2 Å². The predicted octanol–water partition coefficient (Wildman–Crippen LogP) is 11.4. The molecule has 0 nitrogen and oxygen atoms in total. The second-order valence-corrected chi connectivity index (χ2v) is 11.4. The summed E-state index contributed by atoms with van der Waals surface area (Å²) in [6.07, 6.45) is 0. The molecule has 0 radical (unpaired) electrons. The van der Waals surface area contributed by atoms with E-state index in [1.54, 1.807) is 0 Å². The highest BCUT2D eigenvalue weighted by Gasteiger charge is 2.25. The van der Waals surface area contributed by atoms with Crippen molar-refractivity contribution in [2.45, 2.75) is 0 Å². The van der Waals surface area contributed by atoms with Gasteiger partial charge in [-0.05, 0) is 24.3 Å². The third-order valence-corrected chi connectivity index (χ3v) is 8.62. The SMILES string of the molecule is Clc1cc(Br)c2c(Br)cc(Cl)c3c4c(Cl)cc(Br)c5c(Br)cc(Cl)c(c1c23)c54. The number of hydrogen-bond donors (Lipinski definition) is 0. The number of hydrogen-bond acceptors (Lipinski definition) is 0. The molecule has 0 heterocycles. The lowest BCUT2D eigenvalue weighted by Crippen LogP contribution is -1.93. The number of benzene rings is 5. The first-order valence-corrected chi connectivity index (χ1v) is 12.5. The van der Waals surface area contributed by atoms with Crippen molar-refractivity contribution in [3.8, 4) is 0 Å². The van der Waals surface area contributed by atoms with Gasteiger partial charge in [-0.1, -0.05) is 110 Å². The van der Waals surface area contributed by atoms with Crippen LogP contribution in [0.4, 0.5) is 0 Å². The van der Waals surface area contributed by atoms with E-state index >= 15 is 0 Å². The molecule has 0 saturated heterocycles. The van der Waals surface area contributed by atoms with Gasteiger partial charge in [-0.15, -0.1) is 0 Å². The zero-order chi connectivity index (χ0) is 20.1. The molecule has 0 saturated carbocycles. The Bertz CT molecular complexity index is 1280. The summed E-state index contributed by atoms with van der Waals surface area (Å²) in [4.78, 5) is 0. The van der Waals surface area contributed by atoms with Crippen molar-refractivity contribution in [1.29, 1.82) is 0 Å². The molecule has 0 aliphatic heterocycles. The Hall–Kier alpha value is 0.480. The molecule has 0 atom stereocenters. The Morgan fingerprint density at radius 3 is 0.786 bits per heavy atom. The third-order valence-electron chi connectivity index (χ3n) is 4.92. The van der Waals surface area contributed by atoms with Crippen LogP contribution in [-0.4, -0.2) is 0 Å². The maximum atomic E-state index is 6.76. The molecule has 0 amide bonds. The average molecular weight is 706 g/mol. The van der Waals surface area contributed by atoms with Crippen LogP contribution in [0.15, 0.2) is 42.2 Å². The highest BCUT2D eigenvalue weighted by molar-refractivity contribution is 9.11. The number of fused-ring (bicyclic) bond motifs is 2. The molecule has 0 aromatic heterocycles. The standard InChI is InChI=1S/C20H4Br4Cl4/c21-5-1-9(25)15-16-10(26)3-7(23)14-8(24)4-12(28)18(20(14)16)17-11(27)2-6(22)13(5)19(15)17/h1-4H. The van der Waals surface area contributed by atoms with Gasteiger partial charge in [0.1, 0.15) is 0 Å². The van der Waals surface area contributed by atoms with Gasteiger partial charge in [0.25, 0.3) is 0 Å². The van der Waals surface area contributed by atoms with Crippen molar-refractivity contribution in [1.82, 2.24) is 0 Å². The molecule has 5 rings (SSSR count). The highest BCUT2D eigenvalue weighted by Crippen LogP contribution is 2.54. The molecule has 0 fully saturated rings. The van der Waals surface area contributed by atoms with E-state index in [0.29, 0.717) is 20.1 Å². The normalized spacial score (nSPS) is 12.3. The largest absolute Gasteiger partial charge is 0.0836 e. The van der Waals surface area contributed by atoms with Gasteiger partial charge in [0.15, 0.2) is 0 Å². The van der Waals surface area contributed by atoms with Crippen LogP contribution in [0.1, 0.15) is 0 Å². The molecule has 5 aromatic rings.